The summed E-state index contributed by atoms with van der Waals surface area (Å²) in [5.41, 5.74) is 5.74. The number of hydrogen-bond donors (Lipinski definition) is 2. The molecule has 0 bridgehead atoms. The van der Waals surface area contributed by atoms with E-state index in [1.807, 2.05) is 0 Å². The van der Waals surface area contributed by atoms with Gasteiger partial charge in [0.2, 0.25) is 0 Å². The lowest BCUT2D eigenvalue weighted by Crippen LogP contribution is -2.13. The minimum absolute atomic E-state index is 0. The number of nitrogens with one attached hydrogen (secondary N) is 1. The molecule has 1 aromatic carbocycles. The van der Waals surface area contributed by atoms with Gasteiger partial charge < -0.3 is 15.8 Å². The van der Waals surface area contributed by atoms with Crippen molar-refractivity contribution in [2.45, 2.75) is 0 Å². The van der Waals surface area contributed by atoms with Gasteiger partial charge in [0.25, 0.3) is 5.69 Å². The molecule has 16 heavy (non-hydrogen) atoms. The number of halogens is 1. The van der Waals surface area contributed by atoms with E-state index in [-0.39, 0.29) is 18.1 Å². The van der Waals surface area contributed by atoms with Crippen LogP contribution in [-0.4, -0.2) is 25.1 Å². The molecule has 0 aliphatic rings. The fourth-order valence-corrected chi connectivity index (χ4v) is 1.15. The van der Waals surface area contributed by atoms with Crippen LogP contribution in [0.25, 0.3) is 0 Å². The molecule has 90 valence electrons. The lowest BCUT2D eigenvalue weighted by atomic mass is 10.2. The molecule has 3 N–H and O–H groups in total. The van der Waals surface area contributed by atoms with Gasteiger partial charge in [0, 0.05) is 13.1 Å². The van der Waals surface area contributed by atoms with Crippen molar-refractivity contribution in [3.63, 3.8) is 0 Å². The number of benzene rings is 1. The Hall–Kier alpha value is -1.53. The number of methoxy groups -OCH3 is 1. The maximum absolute atomic E-state index is 10.7. The normalized spacial score (nSPS) is 9.12. The van der Waals surface area contributed by atoms with E-state index in [9.17, 15) is 10.1 Å². The van der Waals surface area contributed by atoms with E-state index in [1.54, 1.807) is 12.1 Å². The summed E-state index contributed by atoms with van der Waals surface area (Å²) in [5.74, 6) is 0.458. The fourth-order valence-electron chi connectivity index (χ4n) is 1.15. The zero-order valence-corrected chi connectivity index (χ0v) is 9.62. The Morgan fingerprint density at radius 3 is 2.75 bits per heavy atom. The highest BCUT2D eigenvalue weighted by atomic mass is 35.5. The van der Waals surface area contributed by atoms with Gasteiger partial charge in [0.05, 0.1) is 18.1 Å². The molecule has 0 saturated carbocycles. The van der Waals surface area contributed by atoms with Crippen LogP contribution < -0.4 is 15.8 Å². The van der Waals surface area contributed by atoms with E-state index in [2.05, 4.69) is 5.32 Å². The third kappa shape index (κ3) is 3.56. The lowest BCUT2D eigenvalue weighted by Gasteiger charge is -2.06. The summed E-state index contributed by atoms with van der Waals surface area (Å²) in [4.78, 5) is 10.3. The van der Waals surface area contributed by atoms with Crippen molar-refractivity contribution in [2.75, 3.05) is 25.5 Å². The lowest BCUT2D eigenvalue weighted by molar-refractivity contribution is -0.384. The predicted molar refractivity (Wildman–Crippen MR) is 64.4 cm³/mol. The fraction of sp³-hybridized carbons (Fsp3) is 0.333. The van der Waals surface area contributed by atoms with E-state index in [0.717, 1.165) is 0 Å². The number of rotatable bonds is 5. The molecule has 6 nitrogen and oxygen atoms in total. The zero-order chi connectivity index (χ0) is 11.3. The summed E-state index contributed by atoms with van der Waals surface area (Å²) >= 11 is 0. The topological polar surface area (TPSA) is 90.4 Å². The first-order valence-corrected chi connectivity index (χ1v) is 4.45. The van der Waals surface area contributed by atoms with Gasteiger partial charge in [0.15, 0.2) is 0 Å². The van der Waals surface area contributed by atoms with Crippen LogP contribution in [-0.2, 0) is 0 Å². The standard InChI is InChI=1S/C9H13N3O3.ClH/c1-15-7-2-3-8(11-5-4-10)9(6-7)12(13)14;/h2-3,6,11H,4-5,10H2,1H3;1H. The SMILES string of the molecule is COc1ccc(NCCN)c([N+](=O)[O-])c1.Cl. The van der Waals surface area contributed by atoms with Crippen LogP contribution in [0.1, 0.15) is 0 Å². The summed E-state index contributed by atoms with van der Waals surface area (Å²) in [7, 11) is 1.46. The molecule has 7 heteroatoms. The first kappa shape index (κ1) is 14.5. The van der Waals surface area contributed by atoms with Gasteiger partial charge in [0.1, 0.15) is 11.4 Å². The molecule has 0 aromatic heterocycles. The van der Waals surface area contributed by atoms with Crippen molar-refractivity contribution < 1.29 is 9.66 Å². The Balaban J connectivity index is 0.00000225. The maximum atomic E-state index is 10.7. The monoisotopic (exact) mass is 247 g/mol. The Bertz CT molecular complexity index is 360. The van der Waals surface area contributed by atoms with Gasteiger partial charge in [-0.2, -0.15) is 0 Å². The third-order valence-corrected chi connectivity index (χ3v) is 1.86. The molecule has 0 saturated heterocycles. The summed E-state index contributed by atoms with van der Waals surface area (Å²) < 4.78 is 4.91. The van der Waals surface area contributed by atoms with E-state index in [0.29, 0.717) is 24.5 Å². The highest BCUT2D eigenvalue weighted by Gasteiger charge is 2.14. The van der Waals surface area contributed by atoms with E-state index < -0.39 is 4.92 Å². The second kappa shape index (κ2) is 6.86. The van der Waals surface area contributed by atoms with Crippen molar-refractivity contribution in [3.8, 4) is 5.75 Å². The molecule has 0 unspecified atom stereocenters. The van der Waals surface area contributed by atoms with Crippen LogP contribution in [0.2, 0.25) is 0 Å². The first-order valence-electron chi connectivity index (χ1n) is 4.45. The molecule has 1 rings (SSSR count). The molecule has 0 amide bonds. The number of hydrogen-bond acceptors (Lipinski definition) is 5. The molecule has 0 radical (unpaired) electrons. The maximum Gasteiger partial charge on any atom is 0.296 e. The van der Waals surface area contributed by atoms with Gasteiger partial charge in [-0.3, -0.25) is 10.1 Å². The van der Waals surface area contributed by atoms with Gasteiger partial charge >= 0.3 is 0 Å². The molecular weight excluding hydrogens is 234 g/mol. The van der Waals surface area contributed by atoms with Crippen LogP contribution in [0.15, 0.2) is 18.2 Å². The number of ether oxygens (including phenoxy) is 1. The van der Waals surface area contributed by atoms with E-state index in [4.69, 9.17) is 10.5 Å². The Labute approximate surface area is 99.3 Å². The van der Waals surface area contributed by atoms with Crippen molar-refractivity contribution in [2.24, 2.45) is 5.73 Å². The van der Waals surface area contributed by atoms with Crippen LogP contribution in [0, 0.1) is 10.1 Å². The average molecular weight is 248 g/mol. The number of nitro groups is 1. The minimum Gasteiger partial charge on any atom is -0.496 e. The van der Waals surface area contributed by atoms with Crippen molar-refractivity contribution >= 4 is 23.8 Å². The Kier molecular flexibility index (Phi) is 6.21. The molecule has 1 aromatic rings. The molecular formula is C9H14ClN3O3. The summed E-state index contributed by atoms with van der Waals surface area (Å²) in [6.45, 7) is 0.913. The smallest absolute Gasteiger partial charge is 0.296 e. The van der Waals surface area contributed by atoms with Crippen molar-refractivity contribution in [1.82, 2.24) is 0 Å². The van der Waals surface area contributed by atoms with Crippen LogP contribution >= 0.6 is 12.4 Å². The highest BCUT2D eigenvalue weighted by Crippen LogP contribution is 2.28. The molecule has 0 atom stereocenters. The van der Waals surface area contributed by atoms with Gasteiger partial charge in [-0.15, -0.1) is 12.4 Å². The van der Waals surface area contributed by atoms with Gasteiger partial charge in [-0.25, -0.2) is 0 Å². The molecule has 0 heterocycles. The number of nitro benzene ring substituents is 1. The molecule has 0 aliphatic carbocycles. The van der Waals surface area contributed by atoms with Crippen LogP contribution in [0.3, 0.4) is 0 Å². The molecule has 0 spiro atoms. The van der Waals surface area contributed by atoms with Crippen molar-refractivity contribution in [3.05, 3.63) is 28.3 Å². The quantitative estimate of drug-likeness (QED) is 0.606. The van der Waals surface area contributed by atoms with Crippen molar-refractivity contribution in [1.29, 1.82) is 0 Å². The van der Waals surface area contributed by atoms with Crippen LogP contribution in [0.4, 0.5) is 11.4 Å². The van der Waals surface area contributed by atoms with Gasteiger partial charge in [-0.05, 0) is 12.1 Å². The average Bonchev–Trinajstić information content (AvgIpc) is 2.26. The second-order valence-corrected chi connectivity index (χ2v) is 2.86. The minimum atomic E-state index is -0.457. The summed E-state index contributed by atoms with van der Waals surface area (Å²) in [5, 5.41) is 13.6. The Morgan fingerprint density at radius 2 is 2.25 bits per heavy atom. The number of nitrogens with zero attached hydrogens (tertiary/aromatic N) is 1. The number of nitrogens with two attached hydrogens (primary N) is 1. The summed E-state index contributed by atoms with van der Waals surface area (Å²) in [6, 6.07) is 4.64. The van der Waals surface area contributed by atoms with Crippen LogP contribution in [0.5, 0.6) is 5.75 Å². The largest absolute Gasteiger partial charge is 0.496 e. The van der Waals surface area contributed by atoms with Gasteiger partial charge in [-0.1, -0.05) is 0 Å². The van der Waals surface area contributed by atoms with E-state index >= 15 is 0 Å². The number of anilines is 1. The first-order chi connectivity index (χ1) is 7.19. The second-order valence-electron chi connectivity index (χ2n) is 2.86. The molecule has 0 aliphatic heterocycles. The predicted octanol–water partition coefficient (Wildman–Crippen LogP) is 1.40. The Morgan fingerprint density at radius 1 is 1.56 bits per heavy atom. The zero-order valence-electron chi connectivity index (χ0n) is 8.80. The summed E-state index contributed by atoms with van der Waals surface area (Å²) in [6.07, 6.45) is 0. The van der Waals surface area contributed by atoms with E-state index in [1.165, 1.54) is 13.2 Å². The highest BCUT2D eigenvalue weighted by molar-refractivity contribution is 5.85. The third-order valence-electron chi connectivity index (χ3n) is 1.86. The molecule has 0 fully saturated rings.